The highest BCUT2D eigenvalue weighted by molar-refractivity contribution is 5.49. The monoisotopic (exact) mass is 182 g/mol. The Morgan fingerprint density at radius 2 is 2.00 bits per heavy atom. The van der Waals surface area contributed by atoms with Crippen molar-refractivity contribution in [3.8, 4) is 0 Å². The third-order valence-electron chi connectivity index (χ3n) is 2.25. The van der Waals surface area contributed by atoms with E-state index in [0.29, 0.717) is 5.92 Å². The predicted octanol–water partition coefficient (Wildman–Crippen LogP) is 3.74. The molecule has 1 atom stereocenters. The SMILES string of the molecule is CCCC(CC=O)CCC=C(C)C. The van der Waals surface area contributed by atoms with Gasteiger partial charge in [-0.15, -0.1) is 0 Å². The molecule has 1 nitrogen and oxygen atoms in total. The molecule has 0 heterocycles. The second-order valence-corrected chi connectivity index (χ2v) is 3.92. The largest absolute Gasteiger partial charge is 0.303 e. The maximum atomic E-state index is 10.4. The van der Waals surface area contributed by atoms with Crippen LogP contribution in [0.25, 0.3) is 0 Å². The highest BCUT2D eigenvalue weighted by Crippen LogP contribution is 2.17. The minimum absolute atomic E-state index is 0.609. The third kappa shape index (κ3) is 7.76. The summed E-state index contributed by atoms with van der Waals surface area (Å²) in [6.45, 7) is 6.42. The third-order valence-corrected chi connectivity index (χ3v) is 2.25. The fraction of sp³-hybridized carbons (Fsp3) is 0.750. The van der Waals surface area contributed by atoms with Crippen molar-refractivity contribution < 1.29 is 4.79 Å². The van der Waals surface area contributed by atoms with E-state index in [9.17, 15) is 4.79 Å². The Bertz CT molecular complexity index is 155. The number of hydrogen-bond donors (Lipinski definition) is 0. The summed E-state index contributed by atoms with van der Waals surface area (Å²) in [4.78, 5) is 10.4. The Kier molecular flexibility index (Phi) is 7.66. The van der Waals surface area contributed by atoms with Crippen LogP contribution in [0, 0.1) is 5.92 Å². The first-order chi connectivity index (χ1) is 6.20. The molecule has 0 amide bonds. The smallest absolute Gasteiger partial charge is 0.120 e. The molecular weight excluding hydrogens is 160 g/mol. The molecule has 0 rings (SSSR count). The van der Waals surface area contributed by atoms with Crippen LogP contribution in [0.3, 0.4) is 0 Å². The van der Waals surface area contributed by atoms with Gasteiger partial charge in [0.1, 0.15) is 6.29 Å². The molecule has 1 heteroatoms. The van der Waals surface area contributed by atoms with E-state index in [-0.39, 0.29) is 0 Å². The average Bonchev–Trinajstić information content (AvgIpc) is 2.04. The van der Waals surface area contributed by atoms with Crippen LogP contribution in [0.1, 0.15) is 52.9 Å². The lowest BCUT2D eigenvalue weighted by Crippen LogP contribution is -2.00. The van der Waals surface area contributed by atoms with E-state index in [2.05, 4.69) is 26.8 Å². The van der Waals surface area contributed by atoms with Crippen molar-refractivity contribution in [3.05, 3.63) is 11.6 Å². The molecule has 0 N–H and O–H groups in total. The van der Waals surface area contributed by atoms with Crippen molar-refractivity contribution in [2.75, 3.05) is 0 Å². The van der Waals surface area contributed by atoms with Gasteiger partial charge in [-0.25, -0.2) is 0 Å². The van der Waals surface area contributed by atoms with Crippen LogP contribution in [0.2, 0.25) is 0 Å². The van der Waals surface area contributed by atoms with E-state index < -0.39 is 0 Å². The summed E-state index contributed by atoms with van der Waals surface area (Å²) in [5, 5.41) is 0. The minimum atomic E-state index is 0.609. The molecular formula is C12H22O. The van der Waals surface area contributed by atoms with Gasteiger partial charge in [0.05, 0.1) is 0 Å². The summed E-state index contributed by atoms with van der Waals surface area (Å²) in [6.07, 6.45) is 8.72. The van der Waals surface area contributed by atoms with Crippen molar-refractivity contribution in [1.29, 1.82) is 0 Å². The van der Waals surface area contributed by atoms with Gasteiger partial charge in [0.15, 0.2) is 0 Å². The van der Waals surface area contributed by atoms with Gasteiger partial charge >= 0.3 is 0 Å². The molecule has 0 spiro atoms. The molecule has 1 unspecified atom stereocenters. The number of carbonyl (C=O) groups is 1. The van der Waals surface area contributed by atoms with Crippen molar-refractivity contribution >= 4 is 6.29 Å². The number of rotatable bonds is 7. The molecule has 0 aliphatic rings. The maximum absolute atomic E-state index is 10.4. The van der Waals surface area contributed by atoms with Crippen molar-refractivity contribution in [3.63, 3.8) is 0 Å². The number of hydrogen-bond acceptors (Lipinski definition) is 1. The van der Waals surface area contributed by atoms with Crippen molar-refractivity contribution in [2.24, 2.45) is 5.92 Å². The Morgan fingerprint density at radius 1 is 1.31 bits per heavy atom. The van der Waals surface area contributed by atoms with Crippen LogP contribution in [0.4, 0.5) is 0 Å². The Morgan fingerprint density at radius 3 is 2.46 bits per heavy atom. The molecule has 0 aliphatic heterocycles. The number of aldehydes is 1. The first kappa shape index (κ1) is 12.4. The Balaban J connectivity index is 3.67. The average molecular weight is 182 g/mol. The highest BCUT2D eigenvalue weighted by Gasteiger charge is 2.05. The summed E-state index contributed by atoms with van der Waals surface area (Å²) in [5.74, 6) is 0.609. The predicted molar refractivity (Wildman–Crippen MR) is 57.7 cm³/mol. The Hall–Kier alpha value is -0.590. The first-order valence-electron chi connectivity index (χ1n) is 5.27. The van der Waals surface area contributed by atoms with Gasteiger partial charge in [-0.2, -0.15) is 0 Å². The lowest BCUT2D eigenvalue weighted by atomic mass is 9.95. The molecule has 76 valence electrons. The van der Waals surface area contributed by atoms with E-state index in [4.69, 9.17) is 0 Å². The number of allylic oxidation sites excluding steroid dienone is 2. The molecule has 13 heavy (non-hydrogen) atoms. The summed E-state index contributed by atoms with van der Waals surface area (Å²) in [6, 6.07) is 0. The number of carbonyl (C=O) groups excluding carboxylic acids is 1. The van der Waals surface area contributed by atoms with E-state index in [1.165, 1.54) is 18.4 Å². The molecule has 0 bridgehead atoms. The van der Waals surface area contributed by atoms with Gasteiger partial charge in [-0.3, -0.25) is 0 Å². The second-order valence-electron chi connectivity index (χ2n) is 3.92. The van der Waals surface area contributed by atoms with Crippen LogP contribution < -0.4 is 0 Å². The fourth-order valence-electron chi connectivity index (χ4n) is 1.53. The normalized spacial score (nSPS) is 12.2. The standard InChI is InChI=1S/C12H22O/c1-4-6-12(9-10-13)8-5-7-11(2)3/h7,10,12H,4-6,8-9H2,1-3H3. The molecule has 0 saturated heterocycles. The molecule has 0 aromatic rings. The lowest BCUT2D eigenvalue weighted by molar-refractivity contribution is -0.108. The van der Waals surface area contributed by atoms with Crippen molar-refractivity contribution in [1.82, 2.24) is 0 Å². The van der Waals surface area contributed by atoms with Crippen LogP contribution in [-0.2, 0) is 4.79 Å². The maximum Gasteiger partial charge on any atom is 0.120 e. The summed E-state index contributed by atoms with van der Waals surface area (Å²) in [5.41, 5.74) is 1.38. The second kappa shape index (κ2) is 8.03. The van der Waals surface area contributed by atoms with Crippen LogP contribution in [0.5, 0.6) is 0 Å². The van der Waals surface area contributed by atoms with Crippen LogP contribution in [0.15, 0.2) is 11.6 Å². The minimum Gasteiger partial charge on any atom is -0.303 e. The zero-order valence-corrected chi connectivity index (χ0v) is 9.18. The van der Waals surface area contributed by atoms with Gasteiger partial charge in [0, 0.05) is 6.42 Å². The van der Waals surface area contributed by atoms with Gasteiger partial charge in [0.2, 0.25) is 0 Å². The zero-order chi connectivity index (χ0) is 10.1. The fourth-order valence-corrected chi connectivity index (χ4v) is 1.53. The lowest BCUT2D eigenvalue weighted by Gasteiger charge is -2.10. The molecule has 0 fully saturated rings. The van der Waals surface area contributed by atoms with Crippen LogP contribution >= 0.6 is 0 Å². The molecule has 0 aromatic heterocycles. The van der Waals surface area contributed by atoms with Gasteiger partial charge < -0.3 is 4.79 Å². The summed E-state index contributed by atoms with van der Waals surface area (Å²) in [7, 11) is 0. The summed E-state index contributed by atoms with van der Waals surface area (Å²) >= 11 is 0. The molecule has 0 saturated carbocycles. The van der Waals surface area contributed by atoms with Gasteiger partial charge in [-0.05, 0) is 32.6 Å². The molecule has 0 radical (unpaired) electrons. The van der Waals surface area contributed by atoms with Gasteiger partial charge in [-0.1, -0.05) is 31.4 Å². The van der Waals surface area contributed by atoms with Crippen LogP contribution in [-0.4, -0.2) is 6.29 Å². The Labute approximate surface area is 82.2 Å². The topological polar surface area (TPSA) is 17.1 Å². The van der Waals surface area contributed by atoms with Gasteiger partial charge in [0.25, 0.3) is 0 Å². The van der Waals surface area contributed by atoms with E-state index in [1.54, 1.807) is 0 Å². The first-order valence-corrected chi connectivity index (χ1v) is 5.27. The van der Waals surface area contributed by atoms with E-state index in [0.717, 1.165) is 25.5 Å². The highest BCUT2D eigenvalue weighted by atomic mass is 16.1. The zero-order valence-electron chi connectivity index (χ0n) is 9.18. The van der Waals surface area contributed by atoms with Crippen molar-refractivity contribution in [2.45, 2.75) is 52.9 Å². The van der Waals surface area contributed by atoms with E-state index in [1.807, 2.05) is 0 Å². The quantitative estimate of drug-likeness (QED) is 0.433. The molecule has 0 aliphatic carbocycles. The summed E-state index contributed by atoms with van der Waals surface area (Å²) < 4.78 is 0. The van der Waals surface area contributed by atoms with E-state index >= 15 is 0 Å². The molecule has 0 aromatic carbocycles.